The average molecular weight is 207 g/mol. The second-order valence-electron chi connectivity index (χ2n) is 2.72. The molecule has 0 saturated carbocycles. The van der Waals surface area contributed by atoms with Crippen molar-refractivity contribution < 1.29 is 4.42 Å². The molecule has 0 aliphatic heterocycles. The summed E-state index contributed by atoms with van der Waals surface area (Å²) >= 11 is 0. The molecule has 2 heterocycles. The van der Waals surface area contributed by atoms with Crippen LogP contribution in [-0.2, 0) is 0 Å². The van der Waals surface area contributed by atoms with Gasteiger partial charge in [0, 0.05) is 23.3 Å². The summed E-state index contributed by atoms with van der Waals surface area (Å²) in [6.07, 6.45) is 1.83. The van der Waals surface area contributed by atoms with Gasteiger partial charge in [-0.25, -0.2) is 0 Å². The lowest BCUT2D eigenvalue weighted by Crippen LogP contribution is -1.76. The van der Waals surface area contributed by atoms with Crippen LogP contribution in [0, 0.1) is 13.8 Å². The van der Waals surface area contributed by atoms with E-state index in [9.17, 15) is 0 Å². The normalized spacial score (nSPS) is 8.67. The predicted molar refractivity (Wildman–Crippen MR) is 66.2 cm³/mol. The molecule has 15 heavy (non-hydrogen) atoms. The van der Waals surface area contributed by atoms with E-state index in [0.717, 1.165) is 22.4 Å². The molecule has 2 heteroatoms. The molecule has 0 bridgehead atoms. The van der Waals surface area contributed by atoms with E-state index in [4.69, 9.17) is 4.42 Å². The summed E-state index contributed by atoms with van der Waals surface area (Å²) in [5.41, 5.74) is 1.92. The molecule has 0 spiro atoms. The van der Waals surface area contributed by atoms with Crippen LogP contribution in [0.25, 0.3) is 11.0 Å². The molecule has 0 aliphatic carbocycles. The number of hydrogen-bond donors (Lipinski definition) is 0. The third-order valence-electron chi connectivity index (χ3n) is 1.66. The molecule has 84 valence electrons. The Hall–Kier alpha value is -1.31. The lowest BCUT2D eigenvalue weighted by Gasteiger charge is -1.88. The smallest absolute Gasteiger partial charge is 0.137 e. The molecule has 0 N–H and O–H groups in total. The van der Waals surface area contributed by atoms with Crippen LogP contribution in [0.5, 0.6) is 0 Å². The van der Waals surface area contributed by atoms with Gasteiger partial charge in [0.25, 0.3) is 0 Å². The van der Waals surface area contributed by atoms with Crippen molar-refractivity contribution in [3.63, 3.8) is 0 Å². The maximum absolute atomic E-state index is 5.41. The van der Waals surface area contributed by atoms with Gasteiger partial charge in [-0.3, -0.25) is 4.98 Å². The Morgan fingerprint density at radius 2 is 1.60 bits per heavy atom. The Morgan fingerprint density at radius 1 is 1.00 bits per heavy atom. The van der Waals surface area contributed by atoms with E-state index in [0.29, 0.717) is 0 Å². The Kier molecular flexibility index (Phi) is 6.43. The molecule has 2 nitrogen and oxygen atoms in total. The number of hydrogen-bond acceptors (Lipinski definition) is 2. The van der Waals surface area contributed by atoms with E-state index in [1.807, 2.05) is 59.9 Å². The van der Waals surface area contributed by atoms with Crippen molar-refractivity contribution in [2.75, 3.05) is 0 Å². The molecule has 0 saturated heterocycles. The summed E-state index contributed by atoms with van der Waals surface area (Å²) in [7, 11) is 0. The molecule has 0 aromatic carbocycles. The average Bonchev–Trinajstić information content (AvgIpc) is 2.63. The highest BCUT2D eigenvalue weighted by Crippen LogP contribution is 2.17. The number of aromatic nitrogens is 1. The summed E-state index contributed by atoms with van der Waals surface area (Å²) in [6.45, 7) is 11.9. The van der Waals surface area contributed by atoms with Gasteiger partial charge in [0.2, 0.25) is 0 Å². The molecule has 0 radical (unpaired) electrons. The number of nitrogens with zero attached hydrogens (tertiary/aromatic N) is 1. The first kappa shape index (κ1) is 13.7. The number of aryl methyl sites for hydroxylation is 2. The van der Waals surface area contributed by atoms with Crippen LogP contribution in [0.1, 0.15) is 39.1 Å². The van der Waals surface area contributed by atoms with Gasteiger partial charge in [-0.05, 0) is 19.9 Å². The van der Waals surface area contributed by atoms with Crippen LogP contribution in [0.2, 0.25) is 0 Å². The van der Waals surface area contributed by atoms with Gasteiger partial charge in [0.05, 0.1) is 0 Å². The largest absolute Gasteiger partial charge is 0.461 e. The Labute approximate surface area is 92.3 Å². The first-order chi connectivity index (χ1) is 7.25. The fourth-order valence-electron chi connectivity index (χ4n) is 1.16. The van der Waals surface area contributed by atoms with Gasteiger partial charge in [-0.1, -0.05) is 27.7 Å². The van der Waals surface area contributed by atoms with Gasteiger partial charge >= 0.3 is 0 Å². The summed E-state index contributed by atoms with van der Waals surface area (Å²) in [4.78, 5) is 4.16. The third-order valence-corrected chi connectivity index (χ3v) is 1.66. The highest BCUT2D eigenvalue weighted by Gasteiger charge is 1.99. The monoisotopic (exact) mass is 207 g/mol. The molecule has 0 unspecified atom stereocenters. The minimum absolute atomic E-state index is 0.926. The quantitative estimate of drug-likeness (QED) is 0.635. The zero-order valence-corrected chi connectivity index (χ0v) is 10.6. The van der Waals surface area contributed by atoms with Gasteiger partial charge < -0.3 is 4.42 Å². The van der Waals surface area contributed by atoms with Crippen molar-refractivity contribution in [3.05, 3.63) is 29.8 Å². The van der Waals surface area contributed by atoms with Crippen LogP contribution in [0.3, 0.4) is 0 Å². The highest BCUT2D eigenvalue weighted by molar-refractivity contribution is 5.76. The maximum atomic E-state index is 5.41. The molecular formula is C13H21NO. The molecule has 0 fully saturated rings. The molecule has 0 aliphatic rings. The van der Waals surface area contributed by atoms with E-state index >= 15 is 0 Å². The van der Waals surface area contributed by atoms with Crippen molar-refractivity contribution in [1.29, 1.82) is 0 Å². The lowest BCUT2D eigenvalue weighted by molar-refractivity contribution is 0.578. The minimum Gasteiger partial charge on any atom is -0.461 e. The van der Waals surface area contributed by atoms with E-state index in [1.54, 1.807) is 0 Å². The van der Waals surface area contributed by atoms with Gasteiger partial charge in [-0.15, -0.1) is 0 Å². The number of fused-ring (bicyclic) bond motifs is 1. The van der Waals surface area contributed by atoms with Crippen LogP contribution in [0.4, 0.5) is 0 Å². The predicted octanol–water partition coefficient (Wildman–Crippen LogP) is 4.50. The number of pyridine rings is 1. The van der Waals surface area contributed by atoms with E-state index < -0.39 is 0 Å². The first-order valence-electron chi connectivity index (χ1n) is 5.58. The summed E-state index contributed by atoms with van der Waals surface area (Å²) in [5.74, 6) is 0.937. The number of furan rings is 1. The number of rotatable bonds is 0. The Morgan fingerprint density at radius 3 is 2.20 bits per heavy atom. The fourth-order valence-corrected chi connectivity index (χ4v) is 1.16. The summed E-state index contributed by atoms with van der Waals surface area (Å²) in [6, 6.07) is 3.93. The van der Waals surface area contributed by atoms with E-state index in [-0.39, 0.29) is 0 Å². The molecule has 0 amide bonds. The van der Waals surface area contributed by atoms with Gasteiger partial charge in [0.15, 0.2) is 0 Å². The molecule has 2 aromatic rings. The van der Waals surface area contributed by atoms with Crippen LogP contribution < -0.4 is 0 Å². The Bertz CT molecular complexity index is 390. The molecular weight excluding hydrogens is 186 g/mol. The van der Waals surface area contributed by atoms with Crippen molar-refractivity contribution in [3.8, 4) is 0 Å². The zero-order chi connectivity index (χ0) is 11.8. The van der Waals surface area contributed by atoms with Crippen molar-refractivity contribution in [2.45, 2.75) is 41.5 Å². The topological polar surface area (TPSA) is 26.0 Å². The van der Waals surface area contributed by atoms with Gasteiger partial charge in [-0.2, -0.15) is 0 Å². The van der Waals surface area contributed by atoms with Gasteiger partial charge in [0.1, 0.15) is 11.3 Å². The van der Waals surface area contributed by atoms with E-state index in [1.165, 1.54) is 0 Å². The summed E-state index contributed by atoms with van der Waals surface area (Å²) in [5, 5.41) is 1.08. The zero-order valence-electron chi connectivity index (χ0n) is 10.6. The SMILES string of the molecule is CC.CC.Cc1cc2oc(C)cc2cn1. The first-order valence-corrected chi connectivity index (χ1v) is 5.58. The highest BCUT2D eigenvalue weighted by atomic mass is 16.3. The van der Waals surface area contributed by atoms with Crippen molar-refractivity contribution >= 4 is 11.0 Å². The molecule has 0 atom stereocenters. The summed E-state index contributed by atoms with van der Waals surface area (Å²) < 4.78 is 5.41. The second-order valence-corrected chi connectivity index (χ2v) is 2.72. The maximum Gasteiger partial charge on any atom is 0.137 e. The van der Waals surface area contributed by atoms with Crippen LogP contribution in [0.15, 0.2) is 22.7 Å². The molecule has 2 rings (SSSR count). The minimum atomic E-state index is 0.926. The van der Waals surface area contributed by atoms with E-state index in [2.05, 4.69) is 4.98 Å². The third kappa shape index (κ3) is 3.74. The van der Waals surface area contributed by atoms with Crippen molar-refractivity contribution in [1.82, 2.24) is 4.98 Å². The Balaban J connectivity index is 0.000000442. The standard InChI is InChI=1S/C9H9NO.2C2H6/c1-6-3-9-8(5-10-6)4-7(2)11-9;2*1-2/h3-5H,1-2H3;2*1-2H3. The van der Waals surface area contributed by atoms with Crippen molar-refractivity contribution in [2.24, 2.45) is 0 Å². The fraction of sp³-hybridized carbons (Fsp3) is 0.462. The lowest BCUT2D eigenvalue weighted by atomic mass is 10.3. The van der Waals surface area contributed by atoms with Crippen LogP contribution >= 0.6 is 0 Å². The molecule has 2 aromatic heterocycles. The van der Waals surface area contributed by atoms with Crippen LogP contribution in [-0.4, -0.2) is 4.98 Å². The second kappa shape index (κ2) is 7.04.